The number of hydrogen-bond donors (Lipinski definition) is 2. The molecule has 0 bridgehead atoms. The van der Waals surface area contributed by atoms with Gasteiger partial charge in [0.25, 0.3) is 0 Å². The Kier molecular flexibility index (Phi) is 3.34. The summed E-state index contributed by atoms with van der Waals surface area (Å²) in [5, 5.41) is 12.4. The maximum Gasteiger partial charge on any atom is 0.0587 e. The molecule has 2 nitrogen and oxygen atoms in total. The van der Waals surface area contributed by atoms with E-state index in [0.29, 0.717) is 18.7 Å². The molecule has 1 fully saturated rings. The Bertz CT molecular complexity index is 112. The molecule has 0 aromatic heterocycles. The molecule has 1 aliphatic rings. The molecule has 2 heteroatoms. The monoisotopic (exact) mass is 157 g/mol. The fourth-order valence-corrected chi connectivity index (χ4v) is 1.32. The lowest BCUT2D eigenvalue weighted by Gasteiger charge is -2.19. The van der Waals surface area contributed by atoms with Gasteiger partial charge in [0.2, 0.25) is 0 Å². The van der Waals surface area contributed by atoms with Crippen molar-refractivity contribution in [3.8, 4) is 0 Å². The largest absolute Gasteiger partial charge is 0.395 e. The maximum atomic E-state index is 9.02. The van der Waals surface area contributed by atoms with Crippen LogP contribution in [0.5, 0.6) is 0 Å². The first-order valence-electron chi connectivity index (χ1n) is 4.64. The van der Waals surface area contributed by atoms with Gasteiger partial charge in [-0.25, -0.2) is 0 Å². The molecular formula is C9H19NO. The molecule has 0 aromatic carbocycles. The lowest BCUT2D eigenvalue weighted by molar-refractivity contribution is 0.218. The number of aliphatic hydroxyl groups excluding tert-OH is 1. The molecule has 66 valence electrons. The summed E-state index contributed by atoms with van der Waals surface area (Å²) in [5.41, 5.74) is 0. The van der Waals surface area contributed by atoms with E-state index in [2.05, 4.69) is 19.2 Å². The van der Waals surface area contributed by atoms with E-state index in [1.165, 1.54) is 12.8 Å². The molecule has 1 aliphatic carbocycles. The van der Waals surface area contributed by atoms with E-state index in [1.54, 1.807) is 0 Å². The van der Waals surface area contributed by atoms with Crippen LogP contribution in [0.15, 0.2) is 0 Å². The Morgan fingerprint density at radius 1 is 1.55 bits per heavy atom. The fraction of sp³-hybridized carbons (Fsp3) is 1.00. The zero-order chi connectivity index (χ0) is 8.27. The summed E-state index contributed by atoms with van der Waals surface area (Å²) in [5.74, 6) is 0.758. The molecule has 0 amide bonds. The Morgan fingerprint density at radius 2 is 2.18 bits per heavy atom. The second kappa shape index (κ2) is 4.07. The fourth-order valence-electron chi connectivity index (χ4n) is 1.32. The van der Waals surface area contributed by atoms with Crippen LogP contribution >= 0.6 is 0 Å². The van der Waals surface area contributed by atoms with Crippen LogP contribution in [0.1, 0.15) is 33.1 Å². The summed E-state index contributed by atoms with van der Waals surface area (Å²) in [7, 11) is 0. The van der Waals surface area contributed by atoms with Gasteiger partial charge in [-0.15, -0.1) is 0 Å². The number of hydrogen-bond acceptors (Lipinski definition) is 2. The zero-order valence-corrected chi connectivity index (χ0v) is 7.51. The van der Waals surface area contributed by atoms with Crippen LogP contribution in [-0.2, 0) is 0 Å². The zero-order valence-electron chi connectivity index (χ0n) is 7.51. The van der Waals surface area contributed by atoms with Gasteiger partial charge in [0.05, 0.1) is 6.61 Å². The highest BCUT2D eigenvalue weighted by molar-refractivity contribution is 4.86. The summed E-state index contributed by atoms with van der Waals surface area (Å²) >= 11 is 0. The smallest absolute Gasteiger partial charge is 0.0587 e. The lowest BCUT2D eigenvalue weighted by Crippen LogP contribution is -2.40. The molecule has 0 aromatic rings. The maximum absolute atomic E-state index is 9.02. The van der Waals surface area contributed by atoms with Crippen LogP contribution in [-0.4, -0.2) is 23.8 Å². The van der Waals surface area contributed by atoms with Gasteiger partial charge in [-0.1, -0.05) is 6.92 Å². The van der Waals surface area contributed by atoms with Crippen LogP contribution in [0.4, 0.5) is 0 Å². The van der Waals surface area contributed by atoms with Gasteiger partial charge in [0.1, 0.15) is 0 Å². The van der Waals surface area contributed by atoms with E-state index in [0.717, 1.165) is 12.3 Å². The van der Waals surface area contributed by atoms with Gasteiger partial charge < -0.3 is 10.4 Å². The minimum absolute atomic E-state index is 0.301. The number of rotatable bonds is 5. The van der Waals surface area contributed by atoms with Gasteiger partial charge in [0.15, 0.2) is 0 Å². The second-order valence-corrected chi connectivity index (χ2v) is 3.60. The Labute approximate surface area is 69.0 Å². The average Bonchev–Trinajstić information content (AvgIpc) is 2.82. The molecule has 1 rings (SSSR count). The molecule has 2 atom stereocenters. The highest BCUT2D eigenvalue weighted by atomic mass is 16.3. The quantitative estimate of drug-likeness (QED) is 0.627. The first-order valence-corrected chi connectivity index (χ1v) is 4.64. The molecule has 0 heterocycles. The summed E-state index contributed by atoms with van der Waals surface area (Å²) in [6.45, 7) is 4.64. The molecule has 2 unspecified atom stereocenters. The van der Waals surface area contributed by atoms with E-state index >= 15 is 0 Å². The Hall–Kier alpha value is -0.0800. The van der Waals surface area contributed by atoms with Crippen LogP contribution in [0.2, 0.25) is 0 Å². The topological polar surface area (TPSA) is 32.3 Å². The first kappa shape index (κ1) is 9.01. The van der Waals surface area contributed by atoms with Crippen molar-refractivity contribution in [2.45, 2.75) is 45.2 Å². The molecule has 0 spiro atoms. The van der Waals surface area contributed by atoms with E-state index in [1.807, 2.05) is 0 Å². The molecule has 2 N–H and O–H groups in total. The van der Waals surface area contributed by atoms with Gasteiger partial charge in [-0.3, -0.25) is 0 Å². The van der Waals surface area contributed by atoms with Gasteiger partial charge >= 0.3 is 0 Å². The molecule has 1 saturated carbocycles. The van der Waals surface area contributed by atoms with Gasteiger partial charge in [0, 0.05) is 12.1 Å². The SMILES string of the molecule is CCC(C)NC(CO)C1CC1. The highest BCUT2D eigenvalue weighted by Gasteiger charge is 2.30. The molecule has 0 radical (unpaired) electrons. The van der Waals surface area contributed by atoms with Crippen molar-refractivity contribution in [2.75, 3.05) is 6.61 Å². The van der Waals surface area contributed by atoms with Crippen molar-refractivity contribution in [1.29, 1.82) is 0 Å². The predicted octanol–water partition coefficient (Wildman–Crippen LogP) is 1.15. The van der Waals surface area contributed by atoms with Crippen LogP contribution < -0.4 is 5.32 Å². The normalized spacial score (nSPS) is 23.2. The molecular weight excluding hydrogens is 138 g/mol. The Balaban J connectivity index is 2.19. The minimum Gasteiger partial charge on any atom is -0.395 e. The highest BCUT2D eigenvalue weighted by Crippen LogP contribution is 2.32. The summed E-state index contributed by atoms with van der Waals surface area (Å²) in [4.78, 5) is 0. The molecule has 0 aliphatic heterocycles. The van der Waals surface area contributed by atoms with Crippen molar-refractivity contribution in [2.24, 2.45) is 5.92 Å². The van der Waals surface area contributed by atoms with Crippen LogP contribution in [0.3, 0.4) is 0 Å². The van der Waals surface area contributed by atoms with E-state index in [-0.39, 0.29) is 0 Å². The van der Waals surface area contributed by atoms with E-state index < -0.39 is 0 Å². The standard InChI is InChI=1S/C9H19NO/c1-3-7(2)10-9(6-11)8-4-5-8/h7-11H,3-6H2,1-2H3. The molecule has 11 heavy (non-hydrogen) atoms. The average molecular weight is 157 g/mol. The second-order valence-electron chi connectivity index (χ2n) is 3.60. The third-order valence-corrected chi connectivity index (χ3v) is 2.50. The molecule has 0 saturated heterocycles. The van der Waals surface area contributed by atoms with Crippen molar-refractivity contribution < 1.29 is 5.11 Å². The van der Waals surface area contributed by atoms with Crippen molar-refractivity contribution in [1.82, 2.24) is 5.32 Å². The Morgan fingerprint density at radius 3 is 2.55 bits per heavy atom. The number of nitrogens with one attached hydrogen (secondary N) is 1. The van der Waals surface area contributed by atoms with Crippen molar-refractivity contribution in [3.63, 3.8) is 0 Å². The first-order chi connectivity index (χ1) is 5.27. The van der Waals surface area contributed by atoms with Crippen molar-refractivity contribution >= 4 is 0 Å². The van der Waals surface area contributed by atoms with E-state index in [9.17, 15) is 0 Å². The predicted molar refractivity (Wildman–Crippen MR) is 46.5 cm³/mol. The van der Waals surface area contributed by atoms with Gasteiger partial charge in [-0.05, 0) is 32.1 Å². The van der Waals surface area contributed by atoms with E-state index in [4.69, 9.17) is 5.11 Å². The van der Waals surface area contributed by atoms with Crippen LogP contribution in [0.25, 0.3) is 0 Å². The van der Waals surface area contributed by atoms with Crippen LogP contribution in [0, 0.1) is 5.92 Å². The lowest BCUT2D eigenvalue weighted by atomic mass is 10.1. The summed E-state index contributed by atoms with van der Waals surface area (Å²) in [6, 6.07) is 0.915. The number of aliphatic hydroxyl groups is 1. The third-order valence-electron chi connectivity index (χ3n) is 2.50. The van der Waals surface area contributed by atoms with Crippen molar-refractivity contribution in [3.05, 3.63) is 0 Å². The minimum atomic E-state index is 0.301. The third kappa shape index (κ3) is 2.80. The summed E-state index contributed by atoms with van der Waals surface area (Å²) in [6.07, 6.45) is 3.74. The summed E-state index contributed by atoms with van der Waals surface area (Å²) < 4.78 is 0. The van der Waals surface area contributed by atoms with Gasteiger partial charge in [-0.2, -0.15) is 0 Å².